The van der Waals surface area contributed by atoms with E-state index in [0.717, 1.165) is 28.6 Å². The molecule has 1 saturated heterocycles. The first-order valence-corrected chi connectivity index (χ1v) is 8.53. The summed E-state index contributed by atoms with van der Waals surface area (Å²) in [4.78, 5) is 26.2. The van der Waals surface area contributed by atoms with Crippen molar-refractivity contribution in [1.82, 2.24) is 4.90 Å². The van der Waals surface area contributed by atoms with Crippen molar-refractivity contribution in [2.75, 3.05) is 18.4 Å². The highest BCUT2D eigenvalue weighted by Gasteiger charge is 2.28. The minimum atomic E-state index is -0.0237. The lowest BCUT2D eigenvalue weighted by molar-refractivity contribution is -0.137. The fourth-order valence-corrected chi connectivity index (χ4v) is 3.28. The first-order chi connectivity index (χ1) is 10.4. The Morgan fingerprint density at radius 2 is 1.91 bits per heavy atom. The Morgan fingerprint density at radius 1 is 1.27 bits per heavy atom. The zero-order valence-corrected chi connectivity index (χ0v) is 14.9. The van der Waals surface area contributed by atoms with E-state index in [4.69, 9.17) is 0 Å². The van der Waals surface area contributed by atoms with E-state index in [9.17, 15) is 9.59 Å². The Kier molecular flexibility index (Phi) is 5.62. The standard InChI is InChI=1S/C17H23BrN2O2/c1-11(2)17(22)20-8-6-13(7-9-20)16(21)19-15-5-4-12(3)10-14(15)18/h4-5,10-11,13H,6-9H2,1-3H3,(H,19,21). The van der Waals surface area contributed by atoms with E-state index in [-0.39, 0.29) is 23.7 Å². The van der Waals surface area contributed by atoms with E-state index in [1.807, 2.05) is 43.9 Å². The predicted molar refractivity (Wildman–Crippen MR) is 91.7 cm³/mol. The van der Waals surface area contributed by atoms with Crippen molar-refractivity contribution in [1.29, 1.82) is 0 Å². The zero-order chi connectivity index (χ0) is 16.3. The van der Waals surface area contributed by atoms with E-state index >= 15 is 0 Å². The van der Waals surface area contributed by atoms with Crippen molar-refractivity contribution in [2.24, 2.45) is 11.8 Å². The van der Waals surface area contributed by atoms with Crippen LogP contribution >= 0.6 is 15.9 Å². The number of anilines is 1. The number of halogens is 1. The molecule has 0 unspecified atom stereocenters. The third-order valence-electron chi connectivity index (χ3n) is 4.05. The lowest BCUT2D eigenvalue weighted by atomic mass is 9.95. The first-order valence-electron chi connectivity index (χ1n) is 7.74. The topological polar surface area (TPSA) is 49.4 Å². The van der Waals surface area contributed by atoms with Crippen molar-refractivity contribution in [2.45, 2.75) is 33.6 Å². The molecule has 1 aliphatic rings. The lowest BCUT2D eigenvalue weighted by Gasteiger charge is -2.32. The molecular weight excluding hydrogens is 344 g/mol. The molecule has 1 aromatic carbocycles. The van der Waals surface area contributed by atoms with E-state index in [1.54, 1.807) is 0 Å². The van der Waals surface area contributed by atoms with E-state index < -0.39 is 0 Å². The minimum absolute atomic E-state index is 0.0221. The summed E-state index contributed by atoms with van der Waals surface area (Å²) >= 11 is 3.48. The Bertz CT molecular complexity index is 564. The van der Waals surface area contributed by atoms with Gasteiger partial charge in [-0.25, -0.2) is 0 Å². The Labute approximate surface area is 140 Å². The summed E-state index contributed by atoms with van der Waals surface area (Å²) in [5, 5.41) is 2.98. The number of benzene rings is 1. The molecule has 22 heavy (non-hydrogen) atoms. The van der Waals surface area contributed by atoms with Crippen LogP contribution in [0.25, 0.3) is 0 Å². The summed E-state index contributed by atoms with van der Waals surface area (Å²) < 4.78 is 0.897. The van der Waals surface area contributed by atoms with Gasteiger partial charge in [-0.1, -0.05) is 19.9 Å². The van der Waals surface area contributed by atoms with Crippen LogP contribution < -0.4 is 5.32 Å². The Morgan fingerprint density at radius 3 is 2.45 bits per heavy atom. The molecule has 0 atom stereocenters. The molecule has 5 heteroatoms. The minimum Gasteiger partial charge on any atom is -0.342 e. The van der Waals surface area contributed by atoms with Crippen molar-refractivity contribution < 1.29 is 9.59 Å². The van der Waals surface area contributed by atoms with Gasteiger partial charge >= 0.3 is 0 Å². The number of nitrogens with one attached hydrogen (secondary N) is 1. The van der Waals surface area contributed by atoms with Crippen molar-refractivity contribution in [3.8, 4) is 0 Å². The monoisotopic (exact) mass is 366 g/mol. The van der Waals surface area contributed by atoms with E-state index in [1.165, 1.54) is 0 Å². The van der Waals surface area contributed by atoms with Gasteiger partial charge in [0.25, 0.3) is 0 Å². The highest BCUT2D eigenvalue weighted by molar-refractivity contribution is 9.10. The van der Waals surface area contributed by atoms with Gasteiger partial charge in [-0.2, -0.15) is 0 Å². The van der Waals surface area contributed by atoms with Gasteiger partial charge in [0.15, 0.2) is 0 Å². The van der Waals surface area contributed by atoms with Gasteiger partial charge in [0, 0.05) is 29.4 Å². The molecule has 1 aliphatic heterocycles. The van der Waals surface area contributed by atoms with Gasteiger partial charge in [-0.15, -0.1) is 0 Å². The van der Waals surface area contributed by atoms with Crippen LogP contribution in [-0.4, -0.2) is 29.8 Å². The molecule has 1 aromatic rings. The van der Waals surface area contributed by atoms with E-state index in [0.29, 0.717) is 13.1 Å². The Hall–Kier alpha value is -1.36. The number of carbonyl (C=O) groups excluding carboxylic acids is 2. The molecule has 0 aliphatic carbocycles. The van der Waals surface area contributed by atoms with E-state index in [2.05, 4.69) is 21.2 Å². The fourth-order valence-electron chi connectivity index (χ4n) is 2.68. The molecule has 1 N–H and O–H groups in total. The third-order valence-corrected chi connectivity index (χ3v) is 4.71. The van der Waals surface area contributed by atoms with Crippen LogP contribution in [0, 0.1) is 18.8 Å². The first kappa shape index (κ1) is 17.0. The molecule has 2 rings (SSSR count). The maximum absolute atomic E-state index is 12.4. The van der Waals surface area contributed by atoms with Crippen LogP contribution in [-0.2, 0) is 9.59 Å². The molecule has 2 amide bonds. The highest BCUT2D eigenvalue weighted by Crippen LogP contribution is 2.26. The normalized spacial score (nSPS) is 16.0. The number of rotatable bonds is 3. The maximum Gasteiger partial charge on any atom is 0.227 e. The SMILES string of the molecule is Cc1ccc(NC(=O)C2CCN(C(=O)C(C)C)CC2)c(Br)c1. The molecule has 4 nitrogen and oxygen atoms in total. The van der Waals surface area contributed by atoms with Gasteiger partial charge in [0.2, 0.25) is 11.8 Å². The Balaban J connectivity index is 1.91. The molecule has 0 aromatic heterocycles. The van der Waals surface area contributed by atoms with Gasteiger partial charge < -0.3 is 10.2 Å². The quantitative estimate of drug-likeness (QED) is 0.888. The number of carbonyl (C=O) groups is 2. The number of piperidine rings is 1. The molecule has 120 valence electrons. The van der Waals surface area contributed by atoms with Gasteiger partial charge in [0.05, 0.1) is 5.69 Å². The molecule has 0 saturated carbocycles. The number of nitrogens with zero attached hydrogens (tertiary/aromatic N) is 1. The summed E-state index contributed by atoms with van der Waals surface area (Å²) in [5.74, 6) is 0.222. The third kappa shape index (κ3) is 4.09. The average Bonchev–Trinajstić information content (AvgIpc) is 2.49. The van der Waals surface area contributed by atoms with Crippen molar-refractivity contribution in [3.63, 3.8) is 0 Å². The zero-order valence-electron chi connectivity index (χ0n) is 13.4. The van der Waals surface area contributed by atoms with Gasteiger partial charge in [0.1, 0.15) is 0 Å². The van der Waals surface area contributed by atoms with Crippen LogP contribution in [0.5, 0.6) is 0 Å². The molecule has 1 heterocycles. The molecule has 1 fully saturated rings. The van der Waals surface area contributed by atoms with Crippen molar-refractivity contribution >= 4 is 33.4 Å². The number of hydrogen-bond donors (Lipinski definition) is 1. The largest absolute Gasteiger partial charge is 0.342 e. The highest BCUT2D eigenvalue weighted by atomic mass is 79.9. The van der Waals surface area contributed by atoms with Crippen LogP contribution in [0.15, 0.2) is 22.7 Å². The molecule has 0 bridgehead atoms. The van der Waals surface area contributed by atoms with Crippen LogP contribution in [0.4, 0.5) is 5.69 Å². The second-order valence-electron chi connectivity index (χ2n) is 6.23. The molecular formula is C17H23BrN2O2. The summed E-state index contributed by atoms with van der Waals surface area (Å²) in [6.07, 6.45) is 1.46. The van der Waals surface area contributed by atoms with Gasteiger partial charge in [-0.05, 0) is 53.4 Å². The van der Waals surface area contributed by atoms with Crippen molar-refractivity contribution in [3.05, 3.63) is 28.2 Å². The fraction of sp³-hybridized carbons (Fsp3) is 0.529. The number of aryl methyl sites for hydroxylation is 1. The maximum atomic E-state index is 12.4. The van der Waals surface area contributed by atoms with Crippen LogP contribution in [0.1, 0.15) is 32.3 Å². The lowest BCUT2D eigenvalue weighted by Crippen LogP contribution is -2.43. The van der Waals surface area contributed by atoms with Gasteiger partial charge in [-0.3, -0.25) is 9.59 Å². The predicted octanol–water partition coefficient (Wildman–Crippen LogP) is 3.59. The summed E-state index contributed by atoms with van der Waals surface area (Å²) in [6, 6.07) is 5.87. The summed E-state index contributed by atoms with van der Waals surface area (Å²) in [6.45, 7) is 7.18. The number of likely N-dealkylation sites (tertiary alicyclic amines) is 1. The average molecular weight is 367 g/mol. The number of amides is 2. The summed E-state index contributed by atoms with van der Waals surface area (Å²) in [7, 11) is 0. The summed E-state index contributed by atoms with van der Waals surface area (Å²) in [5.41, 5.74) is 1.95. The molecule has 0 radical (unpaired) electrons. The smallest absolute Gasteiger partial charge is 0.227 e. The second-order valence-corrected chi connectivity index (χ2v) is 7.08. The second kappa shape index (κ2) is 7.27. The van der Waals surface area contributed by atoms with Crippen LogP contribution in [0.2, 0.25) is 0 Å². The van der Waals surface area contributed by atoms with Crippen LogP contribution in [0.3, 0.4) is 0 Å². The number of hydrogen-bond acceptors (Lipinski definition) is 2. The molecule has 0 spiro atoms.